The van der Waals surface area contributed by atoms with Crippen LogP contribution in [-0.2, 0) is 11.3 Å². The van der Waals surface area contributed by atoms with Gasteiger partial charge in [-0.3, -0.25) is 9.79 Å². The fraction of sp³-hybridized carbons (Fsp3) is 0.636. The first kappa shape index (κ1) is 23.0. The lowest BCUT2D eigenvalue weighted by atomic mass is 9.95. The molecule has 1 saturated heterocycles. The van der Waals surface area contributed by atoms with E-state index < -0.39 is 0 Å². The number of likely N-dealkylation sites (tertiary alicyclic amines) is 1. The number of guanidine groups is 1. The molecule has 1 amide bonds. The van der Waals surface area contributed by atoms with E-state index in [4.69, 9.17) is 10.5 Å². The van der Waals surface area contributed by atoms with Gasteiger partial charge in [0.05, 0.1) is 0 Å². The Balaban J connectivity index is 1.79. The number of nitrogens with one attached hydrogen (secondary N) is 1. The van der Waals surface area contributed by atoms with Crippen molar-refractivity contribution in [3.8, 4) is 5.75 Å². The molecule has 29 heavy (non-hydrogen) atoms. The molecule has 0 aliphatic carbocycles. The van der Waals surface area contributed by atoms with Crippen molar-refractivity contribution in [1.82, 2.24) is 15.1 Å². The quantitative estimate of drug-likeness (QED) is 0.462. The number of ether oxygens (including phenoxy) is 1. The monoisotopic (exact) mass is 403 g/mol. The molecule has 2 rings (SSSR count). The minimum Gasteiger partial charge on any atom is -0.492 e. The number of hydrogen-bond donors (Lipinski definition) is 2. The van der Waals surface area contributed by atoms with Gasteiger partial charge in [0, 0.05) is 39.6 Å². The number of amides is 1. The van der Waals surface area contributed by atoms with Crippen LogP contribution in [0.15, 0.2) is 29.3 Å². The topological polar surface area (TPSA) is 83.2 Å². The zero-order valence-corrected chi connectivity index (χ0v) is 18.2. The van der Waals surface area contributed by atoms with Gasteiger partial charge in [0.1, 0.15) is 12.4 Å². The van der Waals surface area contributed by atoms with Crippen molar-refractivity contribution < 1.29 is 9.53 Å². The van der Waals surface area contributed by atoms with Crippen LogP contribution in [-0.4, -0.2) is 68.0 Å². The number of carbonyl (C=O) groups is 1. The van der Waals surface area contributed by atoms with Crippen LogP contribution in [0.25, 0.3) is 0 Å². The van der Waals surface area contributed by atoms with Crippen molar-refractivity contribution in [2.45, 2.75) is 39.7 Å². The number of aliphatic imine (C=N–C) groups is 1. The molecule has 1 fully saturated rings. The van der Waals surface area contributed by atoms with E-state index in [1.807, 2.05) is 12.1 Å². The Morgan fingerprint density at radius 1 is 1.31 bits per heavy atom. The van der Waals surface area contributed by atoms with Gasteiger partial charge in [-0.25, -0.2) is 0 Å². The van der Waals surface area contributed by atoms with E-state index in [1.54, 1.807) is 7.05 Å². The molecular weight excluding hydrogens is 366 g/mol. The lowest BCUT2D eigenvalue weighted by molar-refractivity contribution is -0.119. The first-order chi connectivity index (χ1) is 14.0. The summed E-state index contributed by atoms with van der Waals surface area (Å²) in [6.45, 7) is 10.5. The van der Waals surface area contributed by atoms with Gasteiger partial charge in [0.15, 0.2) is 5.96 Å². The van der Waals surface area contributed by atoms with Crippen LogP contribution in [0.3, 0.4) is 0 Å². The minimum atomic E-state index is -0.223. The van der Waals surface area contributed by atoms with Gasteiger partial charge >= 0.3 is 0 Å². The molecular formula is C22H37N5O2. The van der Waals surface area contributed by atoms with Crippen molar-refractivity contribution in [3.05, 3.63) is 29.8 Å². The third kappa shape index (κ3) is 7.93. The Morgan fingerprint density at radius 2 is 2.03 bits per heavy atom. The highest BCUT2D eigenvalue weighted by Gasteiger charge is 2.23. The number of primary amides is 1. The van der Waals surface area contributed by atoms with Crippen LogP contribution in [0.1, 0.15) is 38.7 Å². The standard InChI is InChI=1S/C22H37N5O2/c1-4-26(5-2)13-14-29-20-10-8-18(9-11-20)16-25-22(24-3)27-12-6-7-19(17-27)15-21(23)28/h8-11,19H,4-7,12-17H2,1-3H3,(H2,23,28)(H,24,25). The number of carbonyl (C=O) groups excluding carboxylic acids is 1. The summed E-state index contributed by atoms with van der Waals surface area (Å²) < 4.78 is 5.85. The van der Waals surface area contributed by atoms with Gasteiger partial charge in [0.25, 0.3) is 0 Å². The highest BCUT2D eigenvalue weighted by Crippen LogP contribution is 2.19. The maximum absolute atomic E-state index is 11.2. The number of hydrogen-bond acceptors (Lipinski definition) is 4. The molecule has 1 unspecified atom stereocenters. The Bertz CT molecular complexity index is 643. The summed E-state index contributed by atoms with van der Waals surface area (Å²) in [7, 11) is 1.80. The lowest BCUT2D eigenvalue weighted by Gasteiger charge is -2.34. The molecule has 1 atom stereocenters. The second-order valence-electron chi connectivity index (χ2n) is 7.54. The van der Waals surface area contributed by atoms with Gasteiger partial charge in [-0.1, -0.05) is 26.0 Å². The van der Waals surface area contributed by atoms with E-state index in [-0.39, 0.29) is 5.91 Å². The predicted molar refractivity (Wildman–Crippen MR) is 118 cm³/mol. The second kappa shape index (κ2) is 12.3. The van der Waals surface area contributed by atoms with Crippen LogP contribution in [0.5, 0.6) is 5.75 Å². The van der Waals surface area contributed by atoms with Crippen molar-refractivity contribution >= 4 is 11.9 Å². The Hall–Kier alpha value is -2.28. The SMILES string of the molecule is CCN(CC)CCOc1ccc(CNC(=NC)N2CCCC(CC(N)=O)C2)cc1. The summed E-state index contributed by atoms with van der Waals surface area (Å²) >= 11 is 0. The number of nitrogens with zero attached hydrogens (tertiary/aromatic N) is 3. The third-order valence-corrected chi connectivity index (χ3v) is 5.46. The first-order valence-corrected chi connectivity index (χ1v) is 10.7. The summed E-state index contributed by atoms with van der Waals surface area (Å²) in [5.41, 5.74) is 6.54. The molecule has 0 bridgehead atoms. The molecule has 3 N–H and O–H groups in total. The smallest absolute Gasteiger partial charge is 0.217 e. The number of piperidine rings is 1. The van der Waals surface area contributed by atoms with Crippen LogP contribution >= 0.6 is 0 Å². The van der Waals surface area contributed by atoms with E-state index in [2.05, 4.69) is 46.1 Å². The molecule has 0 saturated carbocycles. The summed E-state index contributed by atoms with van der Waals surface area (Å²) in [6.07, 6.45) is 2.55. The Morgan fingerprint density at radius 3 is 2.66 bits per heavy atom. The number of rotatable bonds is 10. The number of likely N-dealkylation sites (N-methyl/N-ethyl adjacent to an activating group) is 1. The zero-order valence-electron chi connectivity index (χ0n) is 18.2. The summed E-state index contributed by atoms with van der Waals surface area (Å²) in [4.78, 5) is 20.2. The highest BCUT2D eigenvalue weighted by atomic mass is 16.5. The van der Waals surface area contributed by atoms with Crippen LogP contribution in [0.2, 0.25) is 0 Å². The molecule has 0 radical (unpaired) electrons. The van der Waals surface area contributed by atoms with Crippen molar-refractivity contribution in [2.75, 3.05) is 46.4 Å². The fourth-order valence-electron chi connectivity index (χ4n) is 3.76. The molecule has 1 aromatic carbocycles. The summed E-state index contributed by atoms with van der Waals surface area (Å²) in [5.74, 6) is 1.86. The molecule has 0 aromatic heterocycles. The number of nitrogens with two attached hydrogens (primary N) is 1. The van der Waals surface area contributed by atoms with E-state index in [0.717, 1.165) is 57.3 Å². The van der Waals surface area contributed by atoms with Gasteiger partial charge in [-0.15, -0.1) is 0 Å². The summed E-state index contributed by atoms with van der Waals surface area (Å²) in [6, 6.07) is 8.20. The highest BCUT2D eigenvalue weighted by molar-refractivity contribution is 5.80. The van der Waals surface area contributed by atoms with Gasteiger partial charge in [0.2, 0.25) is 5.91 Å². The van der Waals surface area contributed by atoms with Crippen LogP contribution in [0, 0.1) is 5.92 Å². The second-order valence-corrected chi connectivity index (χ2v) is 7.54. The van der Waals surface area contributed by atoms with E-state index >= 15 is 0 Å². The molecule has 0 spiro atoms. The summed E-state index contributed by atoms with van der Waals surface area (Å²) in [5, 5.41) is 3.43. The van der Waals surface area contributed by atoms with Crippen LogP contribution < -0.4 is 15.8 Å². The molecule has 7 heteroatoms. The average Bonchev–Trinajstić information content (AvgIpc) is 2.72. The minimum absolute atomic E-state index is 0.223. The average molecular weight is 404 g/mol. The van der Waals surface area contributed by atoms with Gasteiger partial charge < -0.3 is 25.6 Å². The lowest BCUT2D eigenvalue weighted by Crippen LogP contribution is -2.46. The Labute approximate surface area is 175 Å². The van der Waals surface area contributed by atoms with Crippen LogP contribution in [0.4, 0.5) is 0 Å². The fourth-order valence-corrected chi connectivity index (χ4v) is 3.76. The largest absolute Gasteiger partial charge is 0.492 e. The van der Waals surface area contributed by atoms with Crippen molar-refractivity contribution in [3.63, 3.8) is 0 Å². The molecule has 162 valence electrons. The van der Waals surface area contributed by atoms with Gasteiger partial charge in [-0.05, 0) is 49.5 Å². The maximum Gasteiger partial charge on any atom is 0.217 e. The first-order valence-electron chi connectivity index (χ1n) is 10.7. The van der Waals surface area contributed by atoms with E-state index in [9.17, 15) is 4.79 Å². The normalized spacial score (nSPS) is 17.4. The maximum atomic E-state index is 11.2. The van der Waals surface area contributed by atoms with Crippen molar-refractivity contribution in [1.29, 1.82) is 0 Å². The van der Waals surface area contributed by atoms with Crippen molar-refractivity contribution in [2.24, 2.45) is 16.6 Å². The van der Waals surface area contributed by atoms with E-state index in [1.165, 1.54) is 5.56 Å². The van der Waals surface area contributed by atoms with Gasteiger partial charge in [-0.2, -0.15) is 0 Å². The molecule has 7 nitrogen and oxygen atoms in total. The number of benzene rings is 1. The molecule has 1 aliphatic rings. The van der Waals surface area contributed by atoms with E-state index in [0.29, 0.717) is 25.5 Å². The molecule has 1 heterocycles. The molecule has 1 aromatic rings. The predicted octanol–water partition coefficient (Wildman–Crippen LogP) is 2.07. The third-order valence-electron chi connectivity index (χ3n) is 5.46. The molecule has 1 aliphatic heterocycles. The Kier molecular flexibility index (Phi) is 9.77. The zero-order chi connectivity index (χ0) is 21.1.